The van der Waals surface area contributed by atoms with Gasteiger partial charge in [0.2, 0.25) is 0 Å². The summed E-state index contributed by atoms with van der Waals surface area (Å²) in [7, 11) is 2.01. The van der Waals surface area contributed by atoms with Gasteiger partial charge in [0, 0.05) is 12.5 Å². The number of nitrogens with one attached hydrogen (secondary N) is 1. The summed E-state index contributed by atoms with van der Waals surface area (Å²) in [5, 5.41) is 3.33. The van der Waals surface area contributed by atoms with Gasteiger partial charge in [-0.15, -0.1) is 0 Å². The van der Waals surface area contributed by atoms with Crippen LogP contribution < -0.4 is 5.32 Å². The van der Waals surface area contributed by atoms with E-state index in [0.717, 1.165) is 19.5 Å². The number of hydrogen-bond acceptors (Lipinski definition) is 3. The van der Waals surface area contributed by atoms with E-state index in [4.69, 9.17) is 0 Å². The minimum Gasteiger partial charge on any atom is -0.305 e. The molecule has 0 saturated carbocycles. The van der Waals surface area contributed by atoms with E-state index in [-0.39, 0.29) is 5.92 Å². The lowest BCUT2D eigenvalue weighted by molar-refractivity contribution is -0.122. The first-order valence-electron chi connectivity index (χ1n) is 6.46. The zero-order valence-electron chi connectivity index (χ0n) is 11.1. The van der Waals surface area contributed by atoms with Gasteiger partial charge in [-0.25, -0.2) is 0 Å². The normalized spacial score (nSPS) is 23.9. The number of carbonyl (C=O) groups is 1. The fourth-order valence-corrected chi connectivity index (χ4v) is 2.59. The molecule has 0 aliphatic carbocycles. The largest absolute Gasteiger partial charge is 0.305 e. The molecule has 1 rings (SSSR count). The molecule has 2 atom stereocenters. The van der Waals surface area contributed by atoms with E-state index in [1.807, 2.05) is 7.05 Å². The van der Waals surface area contributed by atoms with Crippen molar-refractivity contribution in [2.24, 2.45) is 11.8 Å². The third-order valence-corrected chi connectivity index (χ3v) is 3.48. The number of ketones is 1. The van der Waals surface area contributed by atoms with E-state index in [0.29, 0.717) is 17.9 Å². The summed E-state index contributed by atoms with van der Waals surface area (Å²) in [6, 6.07) is 0. The highest BCUT2D eigenvalue weighted by Gasteiger charge is 2.27. The van der Waals surface area contributed by atoms with Crippen LogP contribution in [0.3, 0.4) is 0 Å². The van der Waals surface area contributed by atoms with Crippen molar-refractivity contribution in [2.75, 3.05) is 20.1 Å². The molecule has 0 aromatic rings. The van der Waals surface area contributed by atoms with Crippen LogP contribution in [0.25, 0.3) is 0 Å². The van der Waals surface area contributed by atoms with Gasteiger partial charge in [-0.05, 0) is 45.7 Å². The third kappa shape index (κ3) is 3.87. The van der Waals surface area contributed by atoms with Gasteiger partial charge in [0.05, 0.1) is 6.17 Å². The van der Waals surface area contributed by atoms with Crippen LogP contribution in [0.1, 0.15) is 40.0 Å². The van der Waals surface area contributed by atoms with Gasteiger partial charge in [-0.3, -0.25) is 9.69 Å². The van der Waals surface area contributed by atoms with E-state index >= 15 is 0 Å². The second-order valence-corrected chi connectivity index (χ2v) is 5.38. The molecule has 0 aromatic carbocycles. The van der Waals surface area contributed by atoms with Crippen molar-refractivity contribution in [2.45, 2.75) is 46.2 Å². The van der Waals surface area contributed by atoms with Crippen molar-refractivity contribution in [1.82, 2.24) is 10.2 Å². The van der Waals surface area contributed by atoms with Gasteiger partial charge < -0.3 is 5.32 Å². The number of likely N-dealkylation sites (tertiary alicyclic amines) is 1. The molecule has 0 bridgehead atoms. The average Bonchev–Trinajstić information content (AvgIpc) is 2.63. The van der Waals surface area contributed by atoms with E-state index in [1.165, 1.54) is 12.8 Å². The van der Waals surface area contributed by atoms with Crippen LogP contribution >= 0.6 is 0 Å². The SMILES string of the molecule is CNC1CCCN1C[C@H](CC(C)C)C(C)=O. The first-order valence-corrected chi connectivity index (χ1v) is 6.46. The number of rotatable bonds is 6. The molecule has 1 aliphatic rings. The number of hydrogen-bond donors (Lipinski definition) is 1. The minimum absolute atomic E-state index is 0.217. The highest BCUT2D eigenvalue weighted by Crippen LogP contribution is 2.20. The summed E-state index contributed by atoms with van der Waals surface area (Å²) in [6.45, 7) is 8.18. The average molecular weight is 226 g/mol. The highest BCUT2D eigenvalue weighted by atomic mass is 16.1. The second-order valence-electron chi connectivity index (χ2n) is 5.38. The van der Waals surface area contributed by atoms with Crippen LogP contribution in [0.2, 0.25) is 0 Å². The number of carbonyl (C=O) groups excluding carboxylic acids is 1. The predicted octanol–water partition coefficient (Wildman–Crippen LogP) is 1.88. The molecule has 1 N–H and O–H groups in total. The Kier molecular flexibility index (Phi) is 5.42. The Morgan fingerprint density at radius 3 is 2.69 bits per heavy atom. The summed E-state index contributed by atoms with van der Waals surface area (Å²) in [5.74, 6) is 1.16. The Hall–Kier alpha value is -0.410. The molecule has 0 radical (unpaired) electrons. The van der Waals surface area contributed by atoms with Gasteiger partial charge >= 0.3 is 0 Å². The summed E-state index contributed by atoms with van der Waals surface area (Å²) < 4.78 is 0. The third-order valence-electron chi connectivity index (χ3n) is 3.48. The van der Waals surface area contributed by atoms with Crippen molar-refractivity contribution in [3.05, 3.63) is 0 Å². The molecule has 1 fully saturated rings. The maximum absolute atomic E-state index is 11.6. The number of Topliss-reactive ketones (excluding diaryl/α,β-unsaturated/α-hetero) is 1. The van der Waals surface area contributed by atoms with Crippen LogP contribution in [0.15, 0.2) is 0 Å². The Morgan fingerprint density at radius 2 is 2.19 bits per heavy atom. The van der Waals surface area contributed by atoms with Crippen LogP contribution in [0, 0.1) is 11.8 Å². The monoisotopic (exact) mass is 226 g/mol. The molecule has 0 amide bonds. The lowest BCUT2D eigenvalue weighted by Gasteiger charge is -2.28. The summed E-state index contributed by atoms with van der Waals surface area (Å²) >= 11 is 0. The minimum atomic E-state index is 0.217. The van der Waals surface area contributed by atoms with Crippen molar-refractivity contribution >= 4 is 5.78 Å². The molecular formula is C13H26N2O. The van der Waals surface area contributed by atoms with E-state index in [2.05, 4.69) is 24.1 Å². The lowest BCUT2D eigenvalue weighted by atomic mass is 9.93. The molecule has 1 heterocycles. The molecule has 94 valence electrons. The Labute approximate surface area is 99.6 Å². The molecular weight excluding hydrogens is 200 g/mol. The van der Waals surface area contributed by atoms with Crippen LogP contribution in [-0.4, -0.2) is 37.0 Å². The maximum atomic E-state index is 11.6. The van der Waals surface area contributed by atoms with Gasteiger partial charge in [0.15, 0.2) is 0 Å². The highest BCUT2D eigenvalue weighted by molar-refractivity contribution is 5.78. The quantitative estimate of drug-likeness (QED) is 0.750. The van der Waals surface area contributed by atoms with Crippen molar-refractivity contribution in [1.29, 1.82) is 0 Å². The second kappa shape index (κ2) is 6.36. The molecule has 3 heteroatoms. The molecule has 0 aromatic heterocycles. The first kappa shape index (κ1) is 13.7. The van der Waals surface area contributed by atoms with Gasteiger partial charge in [-0.2, -0.15) is 0 Å². The first-order chi connectivity index (χ1) is 7.54. The molecule has 1 unspecified atom stereocenters. The van der Waals surface area contributed by atoms with Crippen LogP contribution in [-0.2, 0) is 4.79 Å². The number of nitrogens with zero attached hydrogens (tertiary/aromatic N) is 1. The van der Waals surface area contributed by atoms with Crippen molar-refractivity contribution in [3.8, 4) is 0 Å². The Bertz CT molecular complexity index is 228. The van der Waals surface area contributed by atoms with Gasteiger partial charge in [-0.1, -0.05) is 13.8 Å². The van der Waals surface area contributed by atoms with Gasteiger partial charge in [0.1, 0.15) is 5.78 Å². The summed E-state index contributed by atoms with van der Waals surface area (Å²) in [5.41, 5.74) is 0. The molecule has 16 heavy (non-hydrogen) atoms. The smallest absolute Gasteiger partial charge is 0.134 e. The maximum Gasteiger partial charge on any atom is 0.134 e. The Balaban J connectivity index is 2.50. The predicted molar refractivity (Wildman–Crippen MR) is 67.3 cm³/mol. The van der Waals surface area contributed by atoms with Crippen molar-refractivity contribution in [3.63, 3.8) is 0 Å². The van der Waals surface area contributed by atoms with E-state index in [9.17, 15) is 4.79 Å². The molecule has 1 saturated heterocycles. The van der Waals surface area contributed by atoms with Gasteiger partial charge in [0.25, 0.3) is 0 Å². The van der Waals surface area contributed by atoms with E-state index in [1.54, 1.807) is 6.92 Å². The van der Waals surface area contributed by atoms with Crippen LogP contribution in [0.5, 0.6) is 0 Å². The summed E-state index contributed by atoms with van der Waals surface area (Å²) in [6.07, 6.45) is 3.96. The Morgan fingerprint density at radius 1 is 1.50 bits per heavy atom. The zero-order chi connectivity index (χ0) is 12.1. The topological polar surface area (TPSA) is 32.3 Å². The standard InChI is InChI=1S/C13H26N2O/c1-10(2)8-12(11(3)16)9-15-7-5-6-13(15)14-4/h10,12-14H,5-9H2,1-4H3/t12-,13?/m0/s1. The molecule has 1 aliphatic heterocycles. The molecule has 3 nitrogen and oxygen atoms in total. The van der Waals surface area contributed by atoms with E-state index < -0.39 is 0 Å². The van der Waals surface area contributed by atoms with Crippen molar-refractivity contribution < 1.29 is 4.79 Å². The molecule has 0 spiro atoms. The zero-order valence-corrected chi connectivity index (χ0v) is 11.1. The fourth-order valence-electron chi connectivity index (χ4n) is 2.59. The fraction of sp³-hybridized carbons (Fsp3) is 0.923. The van der Waals surface area contributed by atoms with Crippen LogP contribution in [0.4, 0.5) is 0 Å². The lowest BCUT2D eigenvalue weighted by Crippen LogP contribution is -2.43. The summed E-state index contributed by atoms with van der Waals surface area (Å²) in [4.78, 5) is 14.0.